The molecule has 404 valence electrons. The van der Waals surface area contributed by atoms with E-state index in [2.05, 4.69) is 130 Å². The topological polar surface area (TPSA) is 78.9 Å². The molecule has 0 aromatic carbocycles. The number of allylic oxidation sites excluding steroid dienone is 18. The van der Waals surface area contributed by atoms with Gasteiger partial charge < -0.3 is 14.2 Å². The number of hydrogen-bond donors (Lipinski definition) is 0. The summed E-state index contributed by atoms with van der Waals surface area (Å²) in [6.45, 7) is 6.42. The standard InChI is InChI=1S/C65H108O6/c1-4-7-10-13-16-19-22-25-28-31-32-35-37-40-43-46-49-52-55-58-64(67)70-61-62(71-65(68)59-56-53-50-47-44-41-38-34-30-27-24-21-18-15-12-9-6-3)60-69-63(66)57-54-51-48-45-42-39-36-33-29-26-23-20-17-14-11-8-5-2/h8,11,16-21,25-30,36,39,45,48,62H,4-7,9-10,12-15,22-24,31-35,37-38,40-44,46-47,49-61H2,1-3H3/b11-8-,19-16-,20-17-,21-18-,28-25-,29-26-,30-27-,39-36-,48-45-/t62-/m1/s1. The minimum absolute atomic E-state index is 0.102. The Morgan fingerprint density at radius 2 is 0.563 bits per heavy atom. The van der Waals surface area contributed by atoms with Crippen molar-refractivity contribution in [3.05, 3.63) is 109 Å². The van der Waals surface area contributed by atoms with Crippen molar-refractivity contribution in [1.82, 2.24) is 0 Å². The van der Waals surface area contributed by atoms with Crippen LogP contribution in [0, 0.1) is 0 Å². The molecule has 1 atom stereocenters. The van der Waals surface area contributed by atoms with Gasteiger partial charge in [-0.2, -0.15) is 0 Å². The summed E-state index contributed by atoms with van der Waals surface area (Å²) in [5.74, 6) is -0.973. The summed E-state index contributed by atoms with van der Waals surface area (Å²) >= 11 is 0. The molecule has 0 N–H and O–H groups in total. The first-order valence-corrected chi connectivity index (χ1v) is 29.4. The van der Waals surface area contributed by atoms with Gasteiger partial charge in [0.2, 0.25) is 0 Å². The van der Waals surface area contributed by atoms with E-state index in [4.69, 9.17) is 14.2 Å². The molecular formula is C65H108O6. The summed E-state index contributed by atoms with van der Waals surface area (Å²) in [6, 6.07) is 0. The summed E-state index contributed by atoms with van der Waals surface area (Å²) in [7, 11) is 0. The minimum atomic E-state index is -0.810. The van der Waals surface area contributed by atoms with Crippen molar-refractivity contribution in [3.63, 3.8) is 0 Å². The van der Waals surface area contributed by atoms with E-state index in [1.165, 1.54) is 122 Å². The van der Waals surface area contributed by atoms with E-state index in [0.717, 1.165) is 96.3 Å². The van der Waals surface area contributed by atoms with Gasteiger partial charge in [-0.1, -0.05) is 233 Å². The van der Waals surface area contributed by atoms with Crippen LogP contribution in [-0.4, -0.2) is 37.2 Å². The van der Waals surface area contributed by atoms with Crippen LogP contribution in [-0.2, 0) is 28.6 Å². The number of esters is 3. The molecule has 0 aliphatic carbocycles. The Balaban J connectivity index is 4.49. The van der Waals surface area contributed by atoms with Crippen molar-refractivity contribution in [1.29, 1.82) is 0 Å². The van der Waals surface area contributed by atoms with E-state index >= 15 is 0 Å². The maximum absolute atomic E-state index is 12.9. The van der Waals surface area contributed by atoms with Gasteiger partial charge in [-0.15, -0.1) is 0 Å². The van der Waals surface area contributed by atoms with Crippen LogP contribution in [0.1, 0.15) is 265 Å². The van der Waals surface area contributed by atoms with E-state index in [9.17, 15) is 14.4 Å². The second kappa shape index (κ2) is 58.6. The van der Waals surface area contributed by atoms with Gasteiger partial charge >= 0.3 is 17.9 Å². The van der Waals surface area contributed by atoms with Crippen LogP contribution in [0.3, 0.4) is 0 Å². The first kappa shape index (κ1) is 67.1. The van der Waals surface area contributed by atoms with Crippen LogP contribution in [0.5, 0.6) is 0 Å². The van der Waals surface area contributed by atoms with Crippen molar-refractivity contribution in [2.24, 2.45) is 0 Å². The zero-order valence-corrected chi connectivity index (χ0v) is 46.2. The maximum Gasteiger partial charge on any atom is 0.306 e. The van der Waals surface area contributed by atoms with Gasteiger partial charge in [0.05, 0.1) is 0 Å². The number of hydrogen-bond acceptors (Lipinski definition) is 6. The average molecular weight is 986 g/mol. The van der Waals surface area contributed by atoms with E-state index in [1.54, 1.807) is 0 Å². The number of carbonyl (C=O) groups is 3. The van der Waals surface area contributed by atoms with Gasteiger partial charge in [0.15, 0.2) is 6.10 Å². The van der Waals surface area contributed by atoms with Crippen molar-refractivity contribution >= 4 is 17.9 Å². The summed E-state index contributed by atoms with van der Waals surface area (Å²) in [6.07, 6.45) is 79.4. The fourth-order valence-corrected chi connectivity index (χ4v) is 7.83. The Morgan fingerprint density at radius 1 is 0.296 bits per heavy atom. The molecule has 0 heterocycles. The molecule has 6 nitrogen and oxygen atoms in total. The molecule has 0 aliphatic rings. The Labute approximate surface area is 438 Å². The lowest BCUT2D eigenvalue weighted by Gasteiger charge is -2.18. The highest BCUT2D eigenvalue weighted by Crippen LogP contribution is 2.14. The van der Waals surface area contributed by atoms with Crippen molar-refractivity contribution in [2.45, 2.75) is 271 Å². The number of carbonyl (C=O) groups excluding carboxylic acids is 3. The smallest absolute Gasteiger partial charge is 0.306 e. The van der Waals surface area contributed by atoms with Crippen LogP contribution in [0.2, 0.25) is 0 Å². The third kappa shape index (κ3) is 56.9. The van der Waals surface area contributed by atoms with Crippen molar-refractivity contribution < 1.29 is 28.6 Å². The van der Waals surface area contributed by atoms with Crippen LogP contribution < -0.4 is 0 Å². The van der Waals surface area contributed by atoms with Crippen LogP contribution in [0.25, 0.3) is 0 Å². The van der Waals surface area contributed by atoms with E-state index in [0.29, 0.717) is 19.3 Å². The molecule has 6 heteroatoms. The largest absolute Gasteiger partial charge is 0.462 e. The Kier molecular flexibility index (Phi) is 55.4. The number of rotatable bonds is 52. The van der Waals surface area contributed by atoms with Gasteiger partial charge in [-0.25, -0.2) is 0 Å². The average Bonchev–Trinajstić information content (AvgIpc) is 3.37. The highest BCUT2D eigenvalue weighted by atomic mass is 16.6. The van der Waals surface area contributed by atoms with E-state index in [1.807, 2.05) is 0 Å². The van der Waals surface area contributed by atoms with Gasteiger partial charge in [0.1, 0.15) is 13.2 Å². The Morgan fingerprint density at radius 3 is 0.915 bits per heavy atom. The van der Waals surface area contributed by atoms with Crippen LogP contribution in [0.4, 0.5) is 0 Å². The molecule has 0 saturated heterocycles. The fraction of sp³-hybridized carbons (Fsp3) is 0.677. The first-order chi connectivity index (χ1) is 35.0. The lowest BCUT2D eigenvalue weighted by Crippen LogP contribution is -2.30. The van der Waals surface area contributed by atoms with Gasteiger partial charge in [0, 0.05) is 19.3 Å². The molecule has 0 rings (SSSR count). The Hall–Kier alpha value is -3.93. The van der Waals surface area contributed by atoms with Crippen molar-refractivity contribution in [3.8, 4) is 0 Å². The predicted octanol–water partition coefficient (Wildman–Crippen LogP) is 19.9. The number of unbranched alkanes of at least 4 members (excludes halogenated alkanes) is 23. The second-order valence-corrected chi connectivity index (χ2v) is 19.2. The molecule has 0 unspecified atom stereocenters. The van der Waals surface area contributed by atoms with E-state index < -0.39 is 6.10 Å². The highest BCUT2D eigenvalue weighted by Gasteiger charge is 2.19. The third-order valence-electron chi connectivity index (χ3n) is 12.2. The van der Waals surface area contributed by atoms with Gasteiger partial charge in [0.25, 0.3) is 0 Å². The highest BCUT2D eigenvalue weighted by molar-refractivity contribution is 5.71. The van der Waals surface area contributed by atoms with Crippen LogP contribution >= 0.6 is 0 Å². The van der Waals surface area contributed by atoms with Gasteiger partial charge in [-0.3, -0.25) is 14.4 Å². The second-order valence-electron chi connectivity index (χ2n) is 19.2. The predicted molar refractivity (Wildman–Crippen MR) is 307 cm³/mol. The monoisotopic (exact) mass is 985 g/mol. The molecule has 0 aromatic heterocycles. The molecule has 0 bridgehead atoms. The third-order valence-corrected chi connectivity index (χ3v) is 12.2. The fourth-order valence-electron chi connectivity index (χ4n) is 7.83. The van der Waals surface area contributed by atoms with E-state index in [-0.39, 0.29) is 37.5 Å². The molecule has 0 saturated carbocycles. The molecule has 0 aromatic rings. The summed E-state index contributed by atoms with van der Waals surface area (Å²) in [5, 5.41) is 0. The summed E-state index contributed by atoms with van der Waals surface area (Å²) in [4.78, 5) is 38.2. The number of ether oxygens (including phenoxy) is 3. The molecule has 0 radical (unpaired) electrons. The zero-order valence-electron chi connectivity index (χ0n) is 46.2. The molecule has 0 fully saturated rings. The molecular weight excluding hydrogens is 877 g/mol. The lowest BCUT2D eigenvalue weighted by molar-refractivity contribution is -0.167. The quantitative estimate of drug-likeness (QED) is 0.0261. The SMILES string of the molecule is CC/C=C\C/C=C\C/C=C\C/C=C\C/C=C\CCCC(=O)OC[C@H](COC(=O)CCCCCCCCCCC/C=C\C/C=C\CCCCC)OC(=O)CCCCCCCCC/C=C\C/C=C\CCCCC. The summed E-state index contributed by atoms with van der Waals surface area (Å²) in [5.41, 5.74) is 0. The normalized spacial score (nSPS) is 12.9. The lowest BCUT2D eigenvalue weighted by atomic mass is 10.1. The summed E-state index contributed by atoms with van der Waals surface area (Å²) < 4.78 is 16.8. The molecule has 0 aliphatic heterocycles. The first-order valence-electron chi connectivity index (χ1n) is 29.4. The van der Waals surface area contributed by atoms with Gasteiger partial charge in [-0.05, 0) is 122 Å². The maximum atomic E-state index is 12.9. The molecule has 71 heavy (non-hydrogen) atoms. The van der Waals surface area contributed by atoms with Crippen LogP contribution in [0.15, 0.2) is 109 Å². The molecule has 0 spiro atoms. The zero-order chi connectivity index (χ0) is 51.4. The molecule has 0 amide bonds. The van der Waals surface area contributed by atoms with Crippen molar-refractivity contribution in [2.75, 3.05) is 13.2 Å². The minimum Gasteiger partial charge on any atom is -0.462 e. The Bertz CT molecular complexity index is 1460.